The zero-order valence-electron chi connectivity index (χ0n) is 16.4. The number of aromatic nitrogens is 2. The Hall–Kier alpha value is -2.97. The minimum absolute atomic E-state index is 0.267. The Morgan fingerprint density at radius 2 is 2.00 bits per heavy atom. The maximum absolute atomic E-state index is 11.7. The molecular formula is C22H21N3O4S. The van der Waals surface area contributed by atoms with E-state index in [0.29, 0.717) is 36.6 Å². The van der Waals surface area contributed by atoms with Crippen LogP contribution in [0.2, 0.25) is 0 Å². The van der Waals surface area contributed by atoms with Gasteiger partial charge in [-0.25, -0.2) is 4.98 Å². The van der Waals surface area contributed by atoms with Crippen LogP contribution in [-0.4, -0.2) is 31.5 Å². The highest BCUT2D eigenvalue weighted by atomic mass is 32.2. The van der Waals surface area contributed by atoms with Gasteiger partial charge in [0.1, 0.15) is 11.5 Å². The molecule has 0 radical (unpaired) electrons. The molecule has 2 aromatic heterocycles. The fourth-order valence-electron chi connectivity index (χ4n) is 3.30. The molecular weight excluding hydrogens is 402 g/mol. The number of nitrogens with zero attached hydrogens (tertiary/aromatic N) is 2. The van der Waals surface area contributed by atoms with E-state index in [1.54, 1.807) is 13.1 Å². The van der Waals surface area contributed by atoms with Crippen molar-refractivity contribution in [3.8, 4) is 11.5 Å². The molecule has 8 heteroatoms. The number of carbonyl (C=O) groups is 2. The van der Waals surface area contributed by atoms with Crippen LogP contribution in [0.4, 0.5) is 4.79 Å². The fraction of sp³-hybridized carbons (Fsp3) is 0.273. The van der Waals surface area contributed by atoms with Crippen LogP contribution < -0.4 is 5.32 Å². The van der Waals surface area contributed by atoms with E-state index in [-0.39, 0.29) is 11.1 Å². The van der Waals surface area contributed by atoms with Crippen molar-refractivity contribution < 1.29 is 19.1 Å². The summed E-state index contributed by atoms with van der Waals surface area (Å²) in [6.45, 7) is 1.80. The van der Waals surface area contributed by atoms with Gasteiger partial charge in [0.2, 0.25) is 11.8 Å². The lowest BCUT2D eigenvalue weighted by molar-refractivity contribution is -0.118. The summed E-state index contributed by atoms with van der Waals surface area (Å²) in [5.41, 5.74) is 3.14. The maximum atomic E-state index is 11.7. The van der Waals surface area contributed by atoms with Crippen molar-refractivity contribution in [1.82, 2.24) is 15.3 Å². The monoisotopic (exact) mass is 423 g/mol. The molecule has 0 aliphatic carbocycles. The molecule has 3 heterocycles. The van der Waals surface area contributed by atoms with Crippen molar-refractivity contribution in [2.75, 3.05) is 0 Å². The molecule has 0 spiro atoms. The van der Waals surface area contributed by atoms with E-state index in [4.69, 9.17) is 4.42 Å². The van der Waals surface area contributed by atoms with E-state index in [1.165, 1.54) is 0 Å². The summed E-state index contributed by atoms with van der Waals surface area (Å²) < 4.78 is 5.73. The summed E-state index contributed by atoms with van der Waals surface area (Å²) in [4.78, 5) is 31.8. The average Bonchev–Trinajstić information content (AvgIpc) is 3.29. The van der Waals surface area contributed by atoms with Gasteiger partial charge in [0.05, 0.1) is 11.4 Å². The van der Waals surface area contributed by atoms with Crippen LogP contribution in [0, 0.1) is 6.92 Å². The van der Waals surface area contributed by atoms with Crippen LogP contribution in [0.15, 0.2) is 53.1 Å². The number of benzene rings is 1. The van der Waals surface area contributed by atoms with Crippen LogP contribution in [-0.2, 0) is 17.6 Å². The van der Waals surface area contributed by atoms with Crippen LogP contribution >= 0.6 is 11.8 Å². The van der Waals surface area contributed by atoms with Crippen molar-refractivity contribution in [1.29, 1.82) is 0 Å². The third kappa shape index (κ3) is 4.60. The molecule has 2 atom stereocenters. The average molecular weight is 423 g/mol. The van der Waals surface area contributed by atoms with Crippen LogP contribution in [0.1, 0.15) is 35.2 Å². The number of hydrogen-bond donors (Lipinski definition) is 2. The highest BCUT2D eigenvalue weighted by molar-refractivity contribution is 8.15. The van der Waals surface area contributed by atoms with E-state index in [2.05, 4.69) is 15.3 Å². The van der Waals surface area contributed by atoms with Crippen LogP contribution in [0.3, 0.4) is 0 Å². The van der Waals surface area contributed by atoms with E-state index in [0.717, 1.165) is 28.6 Å². The zero-order chi connectivity index (χ0) is 21.1. The normalized spacial score (nSPS) is 17.2. The number of thioether (sulfide) groups is 1. The second-order valence-electron chi connectivity index (χ2n) is 7.13. The first-order valence-electron chi connectivity index (χ1n) is 9.65. The van der Waals surface area contributed by atoms with Gasteiger partial charge in [0.25, 0.3) is 5.24 Å². The number of amides is 2. The minimum atomic E-state index is -0.740. The van der Waals surface area contributed by atoms with Gasteiger partial charge in [-0.1, -0.05) is 36.0 Å². The molecule has 1 saturated heterocycles. The van der Waals surface area contributed by atoms with Gasteiger partial charge in [-0.2, -0.15) is 0 Å². The summed E-state index contributed by atoms with van der Waals surface area (Å²) in [7, 11) is 0. The van der Waals surface area contributed by atoms with Gasteiger partial charge < -0.3 is 9.52 Å². The summed E-state index contributed by atoms with van der Waals surface area (Å²) in [6.07, 6.45) is 2.52. The van der Waals surface area contributed by atoms with Gasteiger partial charge in [-0.05, 0) is 43.5 Å². The Labute approximate surface area is 177 Å². The lowest BCUT2D eigenvalue weighted by Gasteiger charge is -2.09. The van der Waals surface area contributed by atoms with Crippen molar-refractivity contribution >= 4 is 22.9 Å². The first kappa shape index (κ1) is 20.3. The molecule has 30 heavy (non-hydrogen) atoms. The number of oxazole rings is 1. The number of aliphatic hydroxyl groups excluding tert-OH is 1. The van der Waals surface area contributed by atoms with Gasteiger partial charge in [0.15, 0.2) is 0 Å². The van der Waals surface area contributed by atoms with Crippen molar-refractivity contribution in [3.05, 3.63) is 71.4 Å². The third-order valence-corrected chi connectivity index (χ3v) is 5.90. The molecule has 3 aromatic rings. The molecule has 2 amide bonds. The Balaban J connectivity index is 1.35. The second-order valence-corrected chi connectivity index (χ2v) is 8.30. The Bertz CT molecular complexity index is 1050. The van der Waals surface area contributed by atoms with E-state index in [9.17, 15) is 14.7 Å². The minimum Gasteiger partial charge on any atom is -0.441 e. The smallest absolute Gasteiger partial charge is 0.286 e. The summed E-state index contributed by atoms with van der Waals surface area (Å²) >= 11 is 0.998. The lowest BCUT2D eigenvalue weighted by atomic mass is 10.0. The van der Waals surface area contributed by atoms with Crippen LogP contribution in [0.25, 0.3) is 11.5 Å². The largest absolute Gasteiger partial charge is 0.441 e. The molecule has 0 saturated carbocycles. The number of aryl methyl sites for hydroxylation is 2. The lowest BCUT2D eigenvalue weighted by Crippen LogP contribution is -2.25. The van der Waals surface area contributed by atoms with Gasteiger partial charge >= 0.3 is 0 Å². The van der Waals surface area contributed by atoms with E-state index in [1.807, 2.05) is 42.5 Å². The molecule has 1 aliphatic heterocycles. The molecule has 2 N–H and O–H groups in total. The third-order valence-electron chi connectivity index (χ3n) is 4.92. The van der Waals surface area contributed by atoms with E-state index < -0.39 is 11.4 Å². The van der Waals surface area contributed by atoms with Gasteiger partial charge in [-0.15, -0.1) is 0 Å². The molecule has 7 nitrogen and oxygen atoms in total. The fourth-order valence-corrected chi connectivity index (χ4v) is 4.14. The molecule has 4 rings (SSSR count). The highest BCUT2D eigenvalue weighted by Crippen LogP contribution is 2.27. The maximum Gasteiger partial charge on any atom is 0.286 e. The summed E-state index contributed by atoms with van der Waals surface area (Å²) in [5.74, 6) is 0.842. The number of rotatable bonds is 7. The number of hydrogen-bond acceptors (Lipinski definition) is 7. The number of carbonyl (C=O) groups excluding carboxylic acids is 2. The standard InChI is InChI=1S/C22H21N3O4S/c1-13-19(24-21(29-13)15-5-3-2-4-6-15)17(26)10-8-14-7-9-16(23-12-14)11-18-20(27)25-22(28)30-18/h2-7,9,12,17-18,26H,8,10-11H2,1H3,(H,25,27,28). The summed E-state index contributed by atoms with van der Waals surface area (Å²) in [5, 5.41) is 12.1. The number of nitrogens with one attached hydrogen (secondary N) is 1. The molecule has 1 fully saturated rings. The van der Waals surface area contributed by atoms with Crippen LogP contribution in [0.5, 0.6) is 0 Å². The highest BCUT2D eigenvalue weighted by Gasteiger charge is 2.31. The SMILES string of the molecule is Cc1oc(-c2ccccc2)nc1C(O)CCc1ccc(CC2SC(=O)NC2=O)nc1. The second kappa shape index (κ2) is 8.81. The van der Waals surface area contributed by atoms with Gasteiger partial charge in [-0.3, -0.25) is 19.9 Å². The van der Waals surface area contributed by atoms with Gasteiger partial charge in [0, 0.05) is 23.9 Å². The molecule has 2 unspecified atom stereocenters. The first-order valence-corrected chi connectivity index (χ1v) is 10.5. The van der Waals surface area contributed by atoms with Crippen molar-refractivity contribution in [2.24, 2.45) is 0 Å². The number of pyridine rings is 1. The quantitative estimate of drug-likeness (QED) is 0.598. The number of imide groups is 1. The Morgan fingerprint density at radius 3 is 2.67 bits per heavy atom. The molecule has 0 bridgehead atoms. The Kier molecular flexibility index (Phi) is 5.96. The van der Waals surface area contributed by atoms with Crippen molar-refractivity contribution in [3.63, 3.8) is 0 Å². The Morgan fingerprint density at radius 1 is 1.20 bits per heavy atom. The topological polar surface area (TPSA) is 105 Å². The molecule has 154 valence electrons. The summed E-state index contributed by atoms with van der Waals surface area (Å²) in [6, 6.07) is 13.4. The predicted octanol–water partition coefficient (Wildman–Crippen LogP) is 3.61. The molecule has 1 aliphatic rings. The van der Waals surface area contributed by atoms with Crippen molar-refractivity contribution in [2.45, 2.75) is 37.5 Å². The predicted molar refractivity (Wildman–Crippen MR) is 113 cm³/mol. The van der Waals surface area contributed by atoms with E-state index >= 15 is 0 Å². The molecule has 1 aromatic carbocycles. The number of aliphatic hydroxyl groups is 1. The first-order chi connectivity index (χ1) is 14.5. The zero-order valence-corrected chi connectivity index (χ0v) is 17.2.